The van der Waals surface area contributed by atoms with E-state index in [0.29, 0.717) is 16.5 Å². The van der Waals surface area contributed by atoms with E-state index in [9.17, 15) is 29.4 Å². The van der Waals surface area contributed by atoms with Gasteiger partial charge in [0, 0.05) is 23.0 Å². The molecule has 0 radical (unpaired) electrons. The van der Waals surface area contributed by atoms with Gasteiger partial charge >= 0.3 is 5.97 Å². The Bertz CT molecular complexity index is 1720. The van der Waals surface area contributed by atoms with E-state index in [0.717, 1.165) is 26.5 Å². The summed E-state index contributed by atoms with van der Waals surface area (Å²) in [6, 6.07) is 0.797. The SMILES string of the molecule is CC(C)(O/N=C(\C(=O)NC1C(=O)N2C(C(=O)[O-])=C(CSc3nc4c[n+](CCO)ccc4s3)CS[C@@H]12)c1csc(N)n1)C(=O)O. The molecule has 3 aromatic heterocycles. The van der Waals surface area contributed by atoms with Crippen LogP contribution in [-0.2, 0) is 30.6 Å². The van der Waals surface area contributed by atoms with Crippen molar-refractivity contribution in [1.29, 1.82) is 0 Å². The highest BCUT2D eigenvalue weighted by Gasteiger charge is 2.53. The minimum Gasteiger partial charge on any atom is -0.543 e. The van der Waals surface area contributed by atoms with Gasteiger partial charge in [-0.15, -0.1) is 34.4 Å². The molecule has 2 aliphatic rings. The number of hydrogen-bond acceptors (Lipinski definition) is 15. The first-order valence-electron chi connectivity index (χ1n) is 12.8. The smallest absolute Gasteiger partial charge is 0.350 e. The van der Waals surface area contributed by atoms with E-state index < -0.39 is 46.5 Å². The number of aliphatic hydroxyl groups excluding tert-OH is 1. The van der Waals surface area contributed by atoms with Crippen LogP contribution in [-0.4, -0.2) is 89.7 Å². The number of thiazole rings is 2. The summed E-state index contributed by atoms with van der Waals surface area (Å²) in [6.45, 7) is 2.91. The van der Waals surface area contributed by atoms with E-state index in [2.05, 4.69) is 20.4 Å². The zero-order valence-electron chi connectivity index (χ0n) is 23.1. The number of carboxylic acid groups (broad SMARTS) is 2. The number of nitrogens with one attached hydrogen (secondary N) is 1. The maximum absolute atomic E-state index is 13.2. The van der Waals surface area contributed by atoms with Crippen LogP contribution in [0.1, 0.15) is 19.5 Å². The predicted octanol–water partition coefficient (Wildman–Crippen LogP) is -0.605. The number of pyridine rings is 1. The summed E-state index contributed by atoms with van der Waals surface area (Å²) in [5.74, 6) is -3.87. The zero-order chi connectivity index (χ0) is 31.8. The van der Waals surface area contributed by atoms with Gasteiger partial charge in [0.2, 0.25) is 5.60 Å². The van der Waals surface area contributed by atoms with Crippen LogP contribution in [0.4, 0.5) is 5.13 Å². The second kappa shape index (κ2) is 12.7. The number of oxime groups is 1. The number of nitrogens with two attached hydrogens (primary N) is 1. The minimum atomic E-state index is -1.77. The van der Waals surface area contributed by atoms with E-state index in [1.54, 1.807) is 0 Å². The molecule has 2 aliphatic heterocycles. The molecule has 0 aliphatic carbocycles. The molecular formula is C25H25N7O8S4. The Morgan fingerprint density at radius 1 is 1.36 bits per heavy atom. The Morgan fingerprint density at radius 3 is 2.80 bits per heavy atom. The Labute approximate surface area is 265 Å². The van der Waals surface area contributed by atoms with Gasteiger partial charge in [-0.25, -0.2) is 19.3 Å². The lowest BCUT2D eigenvalue weighted by Crippen LogP contribution is -2.71. The number of thioether (sulfide) groups is 2. The molecule has 2 atom stereocenters. The number of fused-ring (bicyclic) bond motifs is 2. The van der Waals surface area contributed by atoms with Crippen LogP contribution in [0.3, 0.4) is 0 Å². The molecule has 1 unspecified atom stereocenters. The number of aromatic nitrogens is 3. The van der Waals surface area contributed by atoms with E-state index in [4.69, 9.17) is 15.7 Å². The molecule has 1 fully saturated rings. The van der Waals surface area contributed by atoms with Crippen molar-refractivity contribution in [1.82, 2.24) is 20.2 Å². The van der Waals surface area contributed by atoms with Crippen molar-refractivity contribution in [3.8, 4) is 0 Å². The lowest BCUT2D eigenvalue weighted by Gasteiger charge is -2.50. The maximum atomic E-state index is 13.2. The lowest BCUT2D eigenvalue weighted by atomic mass is 10.0. The Balaban J connectivity index is 1.31. The van der Waals surface area contributed by atoms with E-state index in [1.807, 2.05) is 23.0 Å². The van der Waals surface area contributed by atoms with Crippen LogP contribution in [0.5, 0.6) is 0 Å². The summed E-state index contributed by atoms with van der Waals surface area (Å²) in [4.78, 5) is 64.9. The number of amides is 2. The summed E-state index contributed by atoms with van der Waals surface area (Å²) < 4.78 is 3.47. The normalized spacial score (nSPS) is 18.7. The first kappa shape index (κ1) is 31.6. The molecule has 15 nitrogen and oxygen atoms in total. The quantitative estimate of drug-likeness (QED) is 0.0618. The van der Waals surface area contributed by atoms with E-state index in [1.165, 1.54) is 54.1 Å². The number of rotatable bonds is 12. The van der Waals surface area contributed by atoms with E-state index in [-0.39, 0.29) is 34.6 Å². The third kappa shape index (κ3) is 6.36. The molecule has 0 saturated carbocycles. The summed E-state index contributed by atoms with van der Waals surface area (Å²) in [7, 11) is 0. The van der Waals surface area contributed by atoms with Crippen molar-refractivity contribution in [3.63, 3.8) is 0 Å². The molecule has 5 rings (SSSR count). The molecule has 0 aromatic carbocycles. The third-order valence-corrected chi connectivity index (χ3v) is 10.8. The van der Waals surface area contributed by atoms with Crippen LogP contribution < -0.4 is 20.7 Å². The third-order valence-electron chi connectivity index (χ3n) is 6.48. The predicted molar refractivity (Wildman–Crippen MR) is 161 cm³/mol. The van der Waals surface area contributed by atoms with Crippen molar-refractivity contribution < 1.29 is 43.9 Å². The van der Waals surface area contributed by atoms with Crippen LogP contribution in [0.25, 0.3) is 10.2 Å². The number of nitrogen functional groups attached to an aromatic ring is 1. The first-order valence-corrected chi connectivity index (χ1v) is 16.6. The summed E-state index contributed by atoms with van der Waals surface area (Å²) in [6.07, 6.45) is 3.67. The highest BCUT2D eigenvalue weighted by atomic mass is 32.2. The van der Waals surface area contributed by atoms with Crippen molar-refractivity contribution in [3.05, 3.63) is 40.8 Å². The monoisotopic (exact) mass is 679 g/mol. The number of hydrogen-bond donors (Lipinski definition) is 4. The number of nitrogens with zero attached hydrogens (tertiary/aromatic N) is 5. The van der Waals surface area contributed by atoms with Crippen LogP contribution >= 0.6 is 46.2 Å². The molecular weight excluding hydrogens is 655 g/mol. The number of aliphatic carboxylic acids is 2. The number of anilines is 1. The Hall–Kier alpha value is -3.78. The average molecular weight is 680 g/mol. The van der Waals surface area contributed by atoms with Gasteiger partial charge in [0.05, 0.1) is 16.4 Å². The number of aliphatic hydroxyl groups is 1. The van der Waals surface area contributed by atoms with Crippen LogP contribution in [0, 0.1) is 0 Å². The van der Waals surface area contributed by atoms with Crippen molar-refractivity contribution in [2.45, 2.75) is 41.7 Å². The van der Waals surface area contributed by atoms with Gasteiger partial charge in [-0.2, -0.15) is 0 Å². The van der Waals surface area contributed by atoms with Gasteiger partial charge in [0.15, 0.2) is 34.1 Å². The van der Waals surface area contributed by atoms with Crippen LogP contribution in [0.2, 0.25) is 0 Å². The number of carboxylic acids is 2. The van der Waals surface area contributed by atoms with Gasteiger partial charge < -0.3 is 36.0 Å². The molecule has 5 heterocycles. The van der Waals surface area contributed by atoms with Gasteiger partial charge in [0.25, 0.3) is 11.8 Å². The largest absolute Gasteiger partial charge is 0.543 e. The number of carbonyl (C=O) groups is 4. The standard InChI is InChI=1S/C25H25N7O8S4/c1-25(2,22(38)39)40-30-15(13-10-42-23(26)27-13)18(34)29-16-19(35)32-17(21(36)37)11(8-41-20(16)32)9-43-24-28-12-7-31(5-6-33)4-3-14(12)44-24/h3-4,7,10,16,20,33H,5-6,8-9H2,1-2H3,(H4-,26,27,29,34,36,37,38,39)/b30-15-/t16?,20-/m0/s1. The minimum absolute atomic E-state index is 0.00425. The Morgan fingerprint density at radius 2 is 2.14 bits per heavy atom. The fourth-order valence-electron chi connectivity index (χ4n) is 4.16. The summed E-state index contributed by atoms with van der Waals surface area (Å²) in [5.41, 5.74) is 4.52. The Kier molecular flexibility index (Phi) is 9.12. The summed E-state index contributed by atoms with van der Waals surface area (Å²) >= 11 is 5.08. The molecule has 2 amide bonds. The van der Waals surface area contributed by atoms with Gasteiger partial charge in [-0.1, -0.05) is 16.9 Å². The van der Waals surface area contributed by atoms with E-state index >= 15 is 0 Å². The van der Waals surface area contributed by atoms with Crippen molar-refractivity contribution in [2.75, 3.05) is 23.8 Å². The molecule has 3 aromatic rings. The zero-order valence-corrected chi connectivity index (χ0v) is 26.3. The first-order chi connectivity index (χ1) is 20.9. The number of carbonyl (C=O) groups excluding carboxylic acids is 3. The highest BCUT2D eigenvalue weighted by Crippen LogP contribution is 2.42. The fraction of sp³-hybridized carbons (Fsp3) is 0.360. The molecule has 44 heavy (non-hydrogen) atoms. The van der Waals surface area contributed by atoms with Crippen molar-refractivity contribution in [2.24, 2.45) is 5.16 Å². The van der Waals surface area contributed by atoms with Crippen molar-refractivity contribution >= 4 is 91.0 Å². The molecule has 1 saturated heterocycles. The molecule has 0 bridgehead atoms. The number of β-lactam (4-membered cyclic amide) rings is 1. The fourth-order valence-corrected chi connectivity index (χ4v) is 8.22. The molecule has 5 N–H and O–H groups in total. The lowest BCUT2D eigenvalue weighted by molar-refractivity contribution is -0.696. The second-order valence-corrected chi connectivity index (χ2v) is 14.2. The summed E-state index contributed by atoms with van der Waals surface area (Å²) in [5, 5.41) is 37.8. The highest BCUT2D eigenvalue weighted by molar-refractivity contribution is 8.02. The van der Waals surface area contributed by atoms with Gasteiger partial charge in [-0.05, 0) is 19.4 Å². The topological polar surface area (TPSA) is 224 Å². The molecule has 0 spiro atoms. The second-order valence-electron chi connectivity index (χ2n) is 9.94. The van der Waals surface area contributed by atoms with Gasteiger partial charge in [0.1, 0.15) is 29.2 Å². The van der Waals surface area contributed by atoms with Gasteiger partial charge in [-0.3, -0.25) is 14.5 Å². The molecule has 232 valence electrons. The maximum Gasteiger partial charge on any atom is 0.350 e. The van der Waals surface area contributed by atoms with Crippen LogP contribution in [0.15, 0.2) is 44.6 Å². The molecule has 19 heteroatoms. The average Bonchev–Trinajstić information content (AvgIpc) is 3.59.